The lowest BCUT2D eigenvalue weighted by Gasteiger charge is -1.98. The monoisotopic (exact) mass is 186 g/mol. The zero-order valence-electron chi connectivity index (χ0n) is 9.31. The van der Waals surface area contributed by atoms with Gasteiger partial charge < -0.3 is 11.1 Å². The third kappa shape index (κ3) is 14.7. The molecule has 2 nitrogen and oxygen atoms in total. The molecule has 1 saturated carbocycles. The van der Waals surface area contributed by atoms with Crippen LogP contribution in [0.25, 0.3) is 0 Å². The van der Waals surface area contributed by atoms with E-state index in [2.05, 4.69) is 19.2 Å². The van der Waals surface area contributed by atoms with Gasteiger partial charge in [-0.1, -0.05) is 33.1 Å². The summed E-state index contributed by atoms with van der Waals surface area (Å²) in [5.74, 6) is 0. The molecule has 0 aromatic heterocycles. The number of nitrogens with two attached hydrogens (primary N) is 1. The van der Waals surface area contributed by atoms with Crippen LogP contribution < -0.4 is 11.1 Å². The second-order valence-electron chi connectivity index (χ2n) is 3.75. The molecular formula is C11H26N2. The SMILES string of the molecule is CCCCCCNCC.NC1CC1. The highest BCUT2D eigenvalue weighted by Gasteiger charge is 2.13. The van der Waals surface area contributed by atoms with Crippen LogP contribution in [0.2, 0.25) is 0 Å². The third-order valence-corrected chi connectivity index (χ3v) is 2.08. The zero-order valence-corrected chi connectivity index (χ0v) is 9.31. The zero-order chi connectivity index (χ0) is 9.94. The van der Waals surface area contributed by atoms with Crippen molar-refractivity contribution in [3.63, 3.8) is 0 Å². The molecule has 0 bridgehead atoms. The Kier molecular flexibility index (Phi) is 9.94. The van der Waals surface area contributed by atoms with Gasteiger partial charge in [0.2, 0.25) is 0 Å². The molecule has 0 aromatic carbocycles. The van der Waals surface area contributed by atoms with Gasteiger partial charge in [0.05, 0.1) is 0 Å². The molecule has 1 rings (SSSR count). The van der Waals surface area contributed by atoms with E-state index in [9.17, 15) is 0 Å². The van der Waals surface area contributed by atoms with E-state index >= 15 is 0 Å². The Bertz CT molecular complexity index is 84.1. The van der Waals surface area contributed by atoms with Gasteiger partial charge in [-0.25, -0.2) is 0 Å². The molecule has 0 aliphatic heterocycles. The number of nitrogens with one attached hydrogen (secondary N) is 1. The van der Waals surface area contributed by atoms with Crippen LogP contribution in [0.15, 0.2) is 0 Å². The van der Waals surface area contributed by atoms with Crippen molar-refractivity contribution in [1.29, 1.82) is 0 Å². The highest BCUT2D eigenvalue weighted by molar-refractivity contribution is 4.75. The summed E-state index contributed by atoms with van der Waals surface area (Å²) in [7, 11) is 0. The van der Waals surface area contributed by atoms with Crippen LogP contribution in [0.3, 0.4) is 0 Å². The van der Waals surface area contributed by atoms with E-state index in [1.54, 1.807) is 0 Å². The molecule has 0 spiro atoms. The molecule has 0 radical (unpaired) electrons. The van der Waals surface area contributed by atoms with E-state index in [0.717, 1.165) is 6.54 Å². The van der Waals surface area contributed by atoms with Gasteiger partial charge in [-0.2, -0.15) is 0 Å². The van der Waals surface area contributed by atoms with Gasteiger partial charge in [0.25, 0.3) is 0 Å². The summed E-state index contributed by atoms with van der Waals surface area (Å²) in [6.07, 6.45) is 8.00. The highest BCUT2D eigenvalue weighted by Crippen LogP contribution is 2.13. The van der Waals surface area contributed by atoms with Gasteiger partial charge in [0, 0.05) is 6.04 Å². The molecule has 1 aliphatic rings. The van der Waals surface area contributed by atoms with Crippen molar-refractivity contribution < 1.29 is 0 Å². The van der Waals surface area contributed by atoms with Gasteiger partial charge in [0.1, 0.15) is 0 Å². The van der Waals surface area contributed by atoms with Crippen molar-refractivity contribution in [3.05, 3.63) is 0 Å². The van der Waals surface area contributed by atoms with E-state index in [1.165, 1.54) is 45.1 Å². The average molecular weight is 186 g/mol. The standard InChI is InChI=1S/C8H19N.C3H7N/c1-3-5-6-7-8-9-4-2;4-3-1-2-3/h9H,3-8H2,1-2H3;3H,1-2,4H2. The van der Waals surface area contributed by atoms with Crippen molar-refractivity contribution in [2.75, 3.05) is 13.1 Å². The fraction of sp³-hybridized carbons (Fsp3) is 1.00. The van der Waals surface area contributed by atoms with E-state index in [1.807, 2.05) is 0 Å². The molecule has 3 N–H and O–H groups in total. The lowest BCUT2D eigenvalue weighted by Crippen LogP contribution is -2.13. The highest BCUT2D eigenvalue weighted by atomic mass is 14.8. The summed E-state index contributed by atoms with van der Waals surface area (Å²) >= 11 is 0. The Hall–Kier alpha value is -0.0800. The Labute approximate surface area is 83.3 Å². The van der Waals surface area contributed by atoms with Crippen molar-refractivity contribution in [2.45, 2.75) is 58.4 Å². The van der Waals surface area contributed by atoms with Crippen LogP contribution in [0.5, 0.6) is 0 Å². The minimum absolute atomic E-state index is 0.583. The van der Waals surface area contributed by atoms with Crippen LogP contribution >= 0.6 is 0 Å². The third-order valence-electron chi connectivity index (χ3n) is 2.08. The van der Waals surface area contributed by atoms with Gasteiger partial charge in [-0.3, -0.25) is 0 Å². The smallest absolute Gasteiger partial charge is 0.00399 e. The minimum atomic E-state index is 0.583. The largest absolute Gasteiger partial charge is 0.328 e. The molecule has 1 aliphatic carbocycles. The van der Waals surface area contributed by atoms with Crippen molar-refractivity contribution in [2.24, 2.45) is 5.73 Å². The molecular weight excluding hydrogens is 160 g/mol. The van der Waals surface area contributed by atoms with Crippen molar-refractivity contribution in [1.82, 2.24) is 5.32 Å². The Morgan fingerprint density at radius 3 is 2.15 bits per heavy atom. The molecule has 0 unspecified atom stereocenters. The quantitative estimate of drug-likeness (QED) is 0.625. The second kappa shape index (κ2) is 10.0. The first kappa shape index (κ1) is 12.9. The topological polar surface area (TPSA) is 38.0 Å². The fourth-order valence-electron chi connectivity index (χ4n) is 0.950. The van der Waals surface area contributed by atoms with Crippen molar-refractivity contribution in [3.8, 4) is 0 Å². The summed E-state index contributed by atoms with van der Waals surface area (Å²) in [5, 5.41) is 3.31. The lowest BCUT2D eigenvalue weighted by molar-refractivity contribution is 0.611. The number of hydrogen-bond donors (Lipinski definition) is 2. The van der Waals surface area contributed by atoms with Crippen LogP contribution in [0, 0.1) is 0 Å². The van der Waals surface area contributed by atoms with Gasteiger partial charge in [-0.15, -0.1) is 0 Å². The van der Waals surface area contributed by atoms with Gasteiger partial charge >= 0.3 is 0 Å². The second-order valence-corrected chi connectivity index (χ2v) is 3.75. The van der Waals surface area contributed by atoms with E-state index in [0.29, 0.717) is 6.04 Å². The molecule has 0 heterocycles. The summed E-state index contributed by atoms with van der Waals surface area (Å²) < 4.78 is 0. The molecule has 0 aromatic rings. The van der Waals surface area contributed by atoms with Crippen LogP contribution in [0.1, 0.15) is 52.4 Å². The summed E-state index contributed by atoms with van der Waals surface area (Å²) in [4.78, 5) is 0. The maximum absolute atomic E-state index is 5.22. The fourth-order valence-corrected chi connectivity index (χ4v) is 0.950. The molecule has 2 heteroatoms. The maximum Gasteiger partial charge on any atom is 0.00399 e. The summed E-state index contributed by atoms with van der Waals surface area (Å²) in [6, 6.07) is 0.583. The molecule has 13 heavy (non-hydrogen) atoms. The number of hydrogen-bond acceptors (Lipinski definition) is 2. The van der Waals surface area contributed by atoms with E-state index in [-0.39, 0.29) is 0 Å². The van der Waals surface area contributed by atoms with E-state index in [4.69, 9.17) is 5.73 Å². The molecule has 80 valence electrons. The lowest BCUT2D eigenvalue weighted by atomic mass is 10.2. The predicted octanol–water partition coefficient (Wildman–Crippen LogP) is 2.28. The molecule has 0 atom stereocenters. The number of rotatable bonds is 6. The first-order valence-electron chi connectivity index (χ1n) is 5.77. The maximum atomic E-state index is 5.22. The van der Waals surface area contributed by atoms with Gasteiger partial charge in [-0.05, 0) is 32.4 Å². The molecule has 0 saturated heterocycles. The molecule has 0 amide bonds. The van der Waals surface area contributed by atoms with Crippen molar-refractivity contribution >= 4 is 0 Å². The van der Waals surface area contributed by atoms with E-state index < -0.39 is 0 Å². The number of unbranched alkanes of at least 4 members (excludes halogenated alkanes) is 3. The Morgan fingerprint density at radius 2 is 1.77 bits per heavy atom. The minimum Gasteiger partial charge on any atom is -0.328 e. The molecule has 1 fully saturated rings. The predicted molar refractivity (Wildman–Crippen MR) is 59.9 cm³/mol. The van der Waals surface area contributed by atoms with Gasteiger partial charge in [0.15, 0.2) is 0 Å². The summed E-state index contributed by atoms with van der Waals surface area (Å²) in [5.41, 5.74) is 5.22. The first-order chi connectivity index (χ1) is 6.31. The normalized spacial score (nSPS) is 15.0. The van der Waals surface area contributed by atoms with Crippen LogP contribution in [0.4, 0.5) is 0 Å². The Balaban J connectivity index is 0.000000293. The Morgan fingerprint density at radius 1 is 1.15 bits per heavy atom. The van der Waals surface area contributed by atoms with Crippen LogP contribution in [-0.4, -0.2) is 19.1 Å². The first-order valence-corrected chi connectivity index (χ1v) is 5.77. The average Bonchev–Trinajstić information content (AvgIpc) is 2.89. The summed E-state index contributed by atoms with van der Waals surface area (Å²) in [6.45, 7) is 6.72. The van der Waals surface area contributed by atoms with Crippen LogP contribution in [-0.2, 0) is 0 Å².